The number of carbonyl (C=O) groups excluding carboxylic acids is 1. The first-order valence-electron chi connectivity index (χ1n) is 10.2. The Morgan fingerprint density at radius 1 is 0.969 bits per heavy atom. The van der Waals surface area contributed by atoms with Crippen LogP contribution in [0.3, 0.4) is 0 Å². The van der Waals surface area contributed by atoms with Gasteiger partial charge in [0.2, 0.25) is 11.8 Å². The third kappa shape index (κ3) is 7.70. The van der Waals surface area contributed by atoms with Gasteiger partial charge in [0.15, 0.2) is 9.84 Å². The molecule has 168 valence electrons. The number of hydrogen-bond donors (Lipinski definition) is 1. The number of rotatable bonds is 11. The van der Waals surface area contributed by atoms with Crippen molar-refractivity contribution in [1.82, 2.24) is 10.3 Å². The van der Waals surface area contributed by atoms with Gasteiger partial charge < -0.3 is 14.8 Å². The molecule has 0 saturated heterocycles. The van der Waals surface area contributed by atoms with Gasteiger partial charge in [0, 0.05) is 31.5 Å². The van der Waals surface area contributed by atoms with Crippen molar-refractivity contribution in [1.29, 1.82) is 0 Å². The molecule has 8 heteroatoms. The van der Waals surface area contributed by atoms with E-state index in [4.69, 9.17) is 9.47 Å². The largest absolute Gasteiger partial charge is 0.494 e. The summed E-state index contributed by atoms with van der Waals surface area (Å²) in [4.78, 5) is 16.5. The number of aromatic nitrogens is 1. The van der Waals surface area contributed by atoms with Crippen LogP contribution in [-0.4, -0.2) is 32.2 Å². The second-order valence-corrected chi connectivity index (χ2v) is 9.26. The summed E-state index contributed by atoms with van der Waals surface area (Å²) in [6.07, 6.45) is 3.68. The van der Waals surface area contributed by atoms with E-state index in [0.717, 1.165) is 17.4 Å². The highest BCUT2D eigenvalue weighted by Gasteiger charge is 2.07. The molecule has 3 aromatic rings. The number of amides is 1. The van der Waals surface area contributed by atoms with Gasteiger partial charge in [0.05, 0.1) is 11.5 Å². The van der Waals surface area contributed by atoms with Crippen molar-refractivity contribution in [3.8, 4) is 11.6 Å². The molecule has 1 aromatic heterocycles. The fourth-order valence-electron chi connectivity index (χ4n) is 2.87. The molecule has 0 bridgehead atoms. The summed E-state index contributed by atoms with van der Waals surface area (Å²) < 4.78 is 34.2. The predicted octanol–water partition coefficient (Wildman–Crippen LogP) is 3.54. The Kier molecular flexibility index (Phi) is 8.21. The Morgan fingerprint density at radius 2 is 1.72 bits per heavy atom. The molecule has 0 saturated carbocycles. The van der Waals surface area contributed by atoms with Crippen molar-refractivity contribution in [3.63, 3.8) is 0 Å². The van der Waals surface area contributed by atoms with Crippen LogP contribution in [0.25, 0.3) is 0 Å². The fraction of sp³-hybridized carbons (Fsp3) is 0.250. The Labute approximate surface area is 188 Å². The average Bonchev–Trinajstić information content (AvgIpc) is 2.80. The monoisotopic (exact) mass is 454 g/mol. The van der Waals surface area contributed by atoms with Gasteiger partial charge in [-0.1, -0.05) is 30.3 Å². The summed E-state index contributed by atoms with van der Waals surface area (Å²) in [5.41, 5.74) is 1.96. The van der Waals surface area contributed by atoms with Crippen molar-refractivity contribution in [2.45, 2.75) is 30.9 Å². The van der Waals surface area contributed by atoms with Crippen LogP contribution >= 0.6 is 0 Å². The van der Waals surface area contributed by atoms with Crippen molar-refractivity contribution >= 4 is 15.7 Å². The van der Waals surface area contributed by atoms with E-state index in [9.17, 15) is 13.2 Å². The molecule has 0 aliphatic heterocycles. The molecule has 1 heterocycles. The maximum absolute atomic E-state index is 12.1. The van der Waals surface area contributed by atoms with Gasteiger partial charge >= 0.3 is 0 Å². The third-order valence-corrected chi connectivity index (χ3v) is 5.72. The van der Waals surface area contributed by atoms with E-state index < -0.39 is 9.84 Å². The summed E-state index contributed by atoms with van der Waals surface area (Å²) in [6, 6.07) is 19.7. The van der Waals surface area contributed by atoms with Gasteiger partial charge in [-0.15, -0.1) is 0 Å². The van der Waals surface area contributed by atoms with E-state index in [-0.39, 0.29) is 10.8 Å². The number of nitrogens with one attached hydrogen (secondary N) is 1. The van der Waals surface area contributed by atoms with E-state index >= 15 is 0 Å². The van der Waals surface area contributed by atoms with Gasteiger partial charge in [0.1, 0.15) is 12.4 Å². The molecule has 0 aliphatic carbocycles. The molecule has 7 nitrogen and oxygen atoms in total. The zero-order valence-corrected chi connectivity index (χ0v) is 18.7. The molecule has 0 spiro atoms. The zero-order chi connectivity index (χ0) is 22.8. The number of nitrogens with zero attached hydrogens (tertiary/aromatic N) is 1. The van der Waals surface area contributed by atoms with Crippen LogP contribution in [-0.2, 0) is 27.8 Å². The Morgan fingerprint density at radius 3 is 2.44 bits per heavy atom. The minimum absolute atomic E-state index is 0.0791. The maximum Gasteiger partial charge on any atom is 0.220 e. The van der Waals surface area contributed by atoms with Gasteiger partial charge in [-0.2, -0.15) is 0 Å². The van der Waals surface area contributed by atoms with Crippen molar-refractivity contribution in [3.05, 3.63) is 84.1 Å². The summed E-state index contributed by atoms with van der Waals surface area (Å²) in [5, 5.41) is 2.88. The smallest absolute Gasteiger partial charge is 0.220 e. The molecule has 1 N–H and O–H groups in total. The number of carbonyl (C=O) groups is 1. The number of pyridine rings is 1. The summed E-state index contributed by atoms with van der Waals surface area (Å²) in [5.74, 6) is 0.998. The number of benzene rings is 2. The minimum Gasteiger partial charge on any atom is -0.494 e. The number of hydrogen-bond acceptors (Lipinski definition) is 6. The van der Waals surface area contributed by atoms with Crippen LogP contribution in [0.2, 0.25) is 0 Å². The van der Waals surface area contributed by atoms with Gasteiger partial charge in [-0.25, -0.2) is 13.4 Å². The summed E-state index contributed by atoms with van der Waals surface area (Å²) in [7, 11) is -3.22. The standard InChI is InChI=1S/C24H26N2O5S/c1-32(28,29)22-11-9-21(10-12-22)30-15-5-8-23(27)26-17-20-13-14-25-24(16-20)31-18-19-6-3-2-4-7-19/h2-4,6-7,9-14,16H,5,8,15,17-18H2,1H3,(H,26,27). The molecule has 32 heavy (non-hydrogen) atoms. The van der Waals surface area contributed by atoms with E-state index in [1.807, 2.05) is 42.5 Å². The summed E-state index contributed by atoms with van der Waals surface area (Å²) >= 11 is 0. The van der Waals surface area contributed by atoms with Gasteiger partial charge in [-0.3, -0.25) is 4.79 Å². The van der Waals surface area contributed by atoms with Crippen molar-refractivity contribution in [2.75, 3.05) is 12.9 Å². The van der Waals surface area contributed by atoms with E-state index in [0.29, 0.717) is 44.2 Å². The molecule has 3 rings (SSSR count). The lowest BCUT2D eigenvalue weighted by Gasteiger charge is -2.09. The fourth-order valence-corrected chi connectivity index (χ4v) is 3.50. The lowest BCUT2D eigenvalue weighted by molar-refractivity contribution is -0.121. The van der Waals surface area contributed by atoms with E-state index in [1.165, 1.54) is 12.1 Å². The van der Waals surface area contributed by atoms with E-state index in [1.54, 1.807) is 18.3 Å². The van der Waals surface area contributed by atoms with Crippen LogP contribution in [0, 0.1) is 0 Å². The highest BCUT2D eigenvalue weighted by Crippen LogP contribution is 2.16. The second-order valence-electron chi connectivity index (χ2n) is 7.25. The average molecular weight is 455 g/mol. The van der Waals surface area contributed by atoms with Crippen LogP contribution in [0.15, 0.2) is 77.8 Å². The first kappa shape index (κ1) is 23.3. The first-order chi connectivity index (χ1) is 15.4. The lowest BCUT2D eigenvalue weighted by atomic mass is 10.2. The van der Waals surface area contributed by atoms with Gasteiger partial charge in [-0.05, 0) is 47.9 Å². The molecule has 2 aromatic carbocycles. The zero-order valence-electron chi connectivity index (χ0n) is 17.9. The number of sulfone groups is 1. The van der Waals surface area contributed by atoms with Crippen LogP contribution < -0.4 is 14.8 Å². The van der Waals surface area contributed by atoms with Crippen LogP contribution in [0.4, 0.5) is 0 Å². The molecular weight excluding hydrogens is 428 g/mol. The quantitative estimate of drug-likeness (QED) is 0.446. The Hall–Kier alpha value is -3.39. The highest BCUT2D eigenvalue weighted by atomic mass is 32.2. The first-order valence-corrected chi connectivity index (χ1v) is 12.1. The second kappa shape index (κ2) is 11.3. The normalized spacial score (nSPS) is 11.0. The van der Waals surface area contributed by atoms with Crippen LogP contribution in [0.1, 0.15) is 24.0 Å². The van der Waals surface area contributed by atoms with Gasteiger partial charge in [0.25, 0.3) is 0 Å². The minimum atomic E-state index is -3.22. The Balaban J connectivity index is 1.36. The lowest BCUT2D eigenvalue weighted by Crippen LogP contribution is -2.23. The highest BCUT2D eigenvalue weighted by molar-refractivity contribution is 7.90. The molecule has 0 fully saturated rings. The van der Waals surface area contributed by atoms with E-state index in [2.05, 4.69) is 10.3 Å². The third-order valence-electron chi connectivity index (χ3n) is 4.59. The topological polar surface area (TPSA) is 94.6 Å². The van der Waals surface area contributed by atoms with Crippen molar-refractivity contribution in [2.24, 2.45) is 0 Å². The molecular formula is C24H26N2O5S. The predicted molar refractivity (Wildman–Crippen MR) is 121 cm³/mol. The van der Waals surface area contributed by atoms with Crippen LogP contribution in [0.5, 0.6) is 11.6 Å². The molecule has 0 atom stereocenters. The SMILES string of the molecule is CS(=O)(=O)c1ccc(OCCCC(=O)NCc2ccnc(OCc3ccccc3)c2)cc1. The molecule has 1 amide bonds. The molecule has 0 radical (unpaired) electrons. The molecule has 0 aliphatic rings. The maximum atomic E-state index is 12.1. The summed E-state index contributed by atoms with van der Waals surface area (Å²) in [6.45, 7) is 1.18. The number of ether oxygens (including phenoxy) is 2. The molecule has 0 unspecified atom stereocenters. The van der Waals surface area contributed by atoms with Crippen molar-refractivity contribution < 1.29 is 22.7 Å². The Bertz CT molecular complexity index is 1120.